The molecule has 1 aromatic heterocycles. The maximum absolute atomic E-state index is 12.2. The number of amides is 1. The van der Waals surface area contributed by atoms with Crippen LogP contribution in [0, 0.1) is 0 Å². The van der Waals surface area contributed by atoms with Gasteiger partial charge < -0.3 is 25.7 Å². The van der Waals surface area contributed by atoms with Crippen LogP contribution in [0.4, 0.5) is 0 Å². The number of carbonyl (C=O) groups is 1. The van der Waals surface area contributed by atoms with E-state index in [-0.39, 0.29) is 35.6 Å². The van der Waals surface area contributed by atoms with Crippen LogP contribution in [-0.2, 0) is 11.2 Å². The molecule has 0 radical (unpaired) electrons. The molecule has 1 atom stereocenters. The second kappa shape index (κ2) is 6.35. The molecule has 24 heavy (non-hydrogen) atoms. The second-order valence-corrected chi connectivity index (χ2v) is 6.01. The van der Waals surface area contributed by atoms with E-state index in [1.807, 2.05) is 0 Å². The standard InChI is InChI=1S/C17H20N2O5/c20-12-5-4-10(14(21)9-12)7-11-8-15(22)19(17(11)24)13-3-1-2-6-18-16(13)23/h4-5,8-9,13,20-22,24H,1-3,6-7H2,(H,18,23). The summed E-state index contributed by atoms with van der Waals surface area (Å²) in [6, 6.07) is 4.91. The molecule has 3 rings (SSSR count). The molecule has 1 aliphatic heterocycles. The fraction of sp³-hybridized carbons (Fsp3) is 0.353. The van der Waals surface area contributed by atoms with Gasteiger partial charge in [-0.15, -0.1) is 0 Å². The van der Waals surface area contributed by atoms with E-state index in [9.17, 15) is 25.2 Å². The molecule has 2 heterocycles. The highest BCUT2D eigenvalue weighted by molar-refractivity contribution is 5.81. The first kappa shape index (κ1) is 16.0. The maximum Gasteiger partial charge on any atom is 0.243 e. The van der Waals surface area contributed by atoms with Crippen LogP contribution in [0.3, 0.4) is 0 Å². The summed E-state index contributed by atoms with van der Waals surface area (Å²) in [5.41, 5.74) is 0.885. The predicted octanol–water partition coefficient (Wildman–Crippen LogP) is 1.74. The summed E-state index contributed by atoms with van der Waals surface area (Å²) >= 11 is 0. The third-order valence-electron chi connectivity index (χ3n) is 4.33. The van der Waals surface area contributed by atoms with Gasteiger partial charge >= 0.3 is 0 Å². The number of nitrogens with one attached hydrogen (secondary N) is 1. The molecule has 128 valence electrons. The average molecular weight is 332 g/mol. The van der Waals surface area contributed by atoms with Crippen LogP contribution in [0.2, 0.25) is 0 Å². The largest absolute Gasteiger partial charge is 0.508 e. The summed E-state index contributed by atoms with van der Waals surface area (Å²) in [7, 11) is 0. The van der Waals surface area contributed by atoms with Crippen molar-refractivity contribution in [1.82, 2.24) is 9.88 Å². The molecule has 1 amide bonds. The van der Waals surface area contributed by atoms with Crippen molar-refractivity contribution in [3.05, 3.63) is 35.4 Å². The van der Waals surface area contributed by atoms with Crippen molar-refractivity contribution in [1.29, 1.82) is 0 Å². The lowest BCUT2D eigenvalue weighted by molar-refractivity contribution is -0.124. The number of phenolic OH excluding ortho intramolecular Hbond substituents is 2. The summed E-state index contributed by atoms with van der Waals surface area (Å²) in [5.74, 6) is -0.776. The summed E-state index contributed by atoms with van der Waals surface area (Å²) in [6.45, 7) is 0.590. The van der Waals surface area contributed by atoms with Gasteiger partial charge in [0, 0.05) is 30.7 Å². The Hall–Kier alpha value is -2.83. The van der Waals surface area contributed by atoms with Crippen LogP contribution in [0.5, 0.6) is 23.3 Å². The van der Waals surface area contributed by atoms with E-state index >= 15 is 0 Å². The molecule has 0 spiro atoms. The smallest absolute Gasteiger partial charge is 0.243 e. The minimum absolute atomic E-state index is 0.0592. The van der Waals surface area contributed by atoms with E-state index < -0.39 is 6.04 Å². The van der Waals surface area contributed by atoms with Gasteiger partial charge in [-0.05, 0) is 30.9 Å². The normalized spacial score (nSPS) is 18.2. The Morgan fingerprint density at radius 1 is 1.08 bits per heavy atom. The van der Waals surface area contributed by atoms with Crippen molar-refractivity contribution in [3.8, 4) is 23.3 Å². The zero-order chi connectivity index (χ0) is 17.3. The summed E-state index contributed by atoms with van der Waals surface area (Å²) in [5, 5.41) is 42.6. The molecule has 0 bridgehead atoms. The van der Waals surface area contributed by atoms with E-state index in [2.05, 4.69) is 5.32 Å². The molecule has 0 saturated carbocycles. The quantitative estimate of drug-likeness (QED) is 0.587. The summed E-state index contributed by atoms with van der Waals surface area (Å²) in [4.78, 5) is 12.2. The Morgan fingerprint density at radius 3 is 2.62 bits per heavy atom. The first-order valence-electron chi connectivity index (χ1n) is 7.88. The predicted molar refractivity (Wildman–Crippen MR) is 86.2 cm³/mol. The lowest BCUT2D eigenvalue weighted by Gasteiger charge is -2.17. The van der Waals surface area contributed by atoms with Crippen LogP contribution < -0.4 is 5.32 Å². The molecule has 1 saturated heterocycles. The lowest BCUT2D eigenvalue weighted by Crippen LogP contribution is -2.30. The number of hydrogen-bond acceptors (Lipinski definition) is 5. The third-order valence-corrected chi connectivity index (χ3v) is 4.33. The Kier molecular flexibility index (Phi) is 4.24. The van der Waals surface area contributed by atoms with Crippen LogP contribution >= 0.6 is 0 Å². The van der Waals surface area contributed by atoms with Crippen molar-refractivity contribution in [3.63, 3.8) is 0 Å². The fourth-order valence-corrected chi connectivity index (χ4v) is 3.07. The molecule has 1 unspecified atom stereocenters. The molecule has 1 fully saturated rings. The molecule has 0 aliphatic carbocycles. The highest BCUT2D eigenvalue weighted by Crippen LogP contribution is 2.36. The van der Waals surface area contributed by atoms with E-state index in [0.29, 0.717) is 24.1 Å². The zero-order valence-electron chi connectivity index (χ0n) is 13.1. The Morgan fingerprint density at radius 2 is 1.88 bits per heavy atom. The van der Waals surface area contributed by atoms with E-state index in [4.69, 9.17) is 0 Å². The molecule has 1 aromatic carbocycles. The molecular formula is C17H20N2O5. The van der Waals surface area contributed by atoms with Crippen LogP contribution in [0.15, 0.2) is 24.3 Å². The Bertz CT molecular complexity index is 769. The number of nitrogens with zero attached hydrogens (tertiary/aromatic N) is 1. The molecule has 2 aromatic rings. The monoisotopic (exact) mass is 332 g/mol. The SMILES string of the molecule is O=C1NCCCCC1n1c(O)cc(Cc2ccc(O)cc2O)c1O. The van der Waals surface area contributed by atoms with Gasteiger partial charge in [-0.1, -0.05) is 6.07 Å². The molecule has 7 nitrogen and oxygen atoms in total. The zero-order valence-corrected chi connectivity index (χ0v) is 13.1. The first-order valence-corrected chi connectivity index (χ1v) is 7.88. The topological polar surface area (TPSA) is 115 Å². The average Bonchev–Trinajstić information content (AvgIpc) is 2.69. The second-order valence-electron chi connectivity index (χ2n) is 6.01. The molecule has 1 aliphatic rings. The van der Waals surface area contributed by atoms with Crippen molar-refractivity contribution in [2.75, 3.05) is 6.54 Å². The molecular weight excluding hydrogens is 312 g/mol. The minimum Gasteiger partial charge on any atom is -0.508 e. The molecule has 7 heteroatoms. The van der Waals surface area contributed by atoms with Gasteiger partial charge in [-0.25, -0.2) is 0 Å². The van der Waals surface area contributed by atoms with Crippen molar-refractivity contribution in [2.24, 2.45) is 0 Å². The minimum atomic E-state index is -0.658. The lowest BCUT2D eigenvalue weighted by atomic mass is 10.1. The van der Waals surface area contributed by atoms with E-state index in [0.717, 1.165) is 12.8 Å². The maximum atomic E-state index is 12.2. The van der Waals surface area contributed by atoms with Gasteiger partial charge in [0.05, 0.1) is 0 Å². The summed E-state index contributed by atoms with van der Waals surface area (Å²) in [6.07, 6.45) is 2.37. The first-order chi connectivity index (χ1) is 11.5. The fourth-order valence-electron chi connectivity index (χ4n) is 3.07. The number of aromatic hydroxyl groups is 4. The number of carbonyl (C=O) groups excluding carboxylic acids is 1. The Labute approximate surface area is 138 Å². The summed E-state index contributed by atoms with van der Waals surface area (Å²) < 4.78 is 1.23. The van der Waals surface area contributed by atoms with Gasteiger partial charge in [0.1, 0.15) is 17.5 Å². The van der Waals surface area contributed by atoms with Crippen LogP contribution in [0.25, 0.3) is 0 Å². The van der Waals surface area contributed by atoms with Crippen molar-refractivity contribution in [2.45, 2.75) is 31.7 Å². The van der Waals surface area contributed by atoms with Crippen molar-refractivity contribution >= 4 is 5.91 Å². The third kappa shape index (κ3) is 2.97. The highest BCUT2D eigenvalue weighted by Gasteiger charge is 2.28. The number of phenols is 2. The number of benzene rings is 1. The van der Waals surface area contributed by atoms with Gasteiger partial charge in [0.15, 0.2) is 11.8 Å². The highest BCUT2D eigenvalue weighted by atomic mass is 16.3. The van der Waals surface area contributed by atoms with E-state index in [1.54, 1.807) is 0 Å². The van der Waals surface area contributed by atoms with Gasteiger partial charge in [-0.2, -0.15) is 0 Å². The number of aromatic nitrogens is 1. The molecule has 5 N–H and O–H groups in total. The van der Waals surface area contributed by atoms with Crippen LogP contribution in [-0.4, -0.2) is 37.4 Å². The van der Waals surface area contributed by atoms with Gasteiger partial charge in [0.2, 0.25) is 5.91 Å². The van der Waals surface area contributed by atoms with Crippen LogP contribution in [0.1, 0.15) is 36.4 Å². The number of rotatable bonds is 3. The Balaban J connectivity index is 1.92. The van der Waals surface area contributed by atoms with Gasteiger partial charge in [-0.3, -0.25) is 9.36 Å². The van der Waals surface area contributed by atoms with Gasteiger partial charge in [0.25, 0.3) is 0 Å². The van der Waals surface area contributed by atoms with E-state index in [1.165, 1.54) is 28.8 Å². The van der Waals surface area contributed by atoms with Crippen molar-refractivity contribution < 1.29 is 25.2 Å². The number of hydrogen-bond donors (Lipinski definition) is 5.